The van der Waals surface area contributed by atoms with E-state index in [4.69, 9.17) is 0 Å². The Kier molecular flexibility index (Phi) is 2.23. The first-order valence-corrected chi connectivity index (χ1v) is 3.92. The Morgan fingerprint density at radius 2 is 1.23 bits per heavy atom. The predicted octanol–water partition coefficient (Wildman–Crippen LogP) is 1.46. The number of phenolic OH excluding ortho intramolecular Hbond substituents is 3. The van der Waals surface area contributed by atoms with Gasteiger partial charge >= 0.3 is 0 Å². The molecular formula is C9H13NO3. The van der Waals surface area contributed by atoms with Crippen molar-refractivity contribution in [3.63, 3.8) is 0 Å². The van der Waals surface area contributed by atoms with E-state index in [2.05, 4.69) is 5.32 Å². The lowest BCUT2D eigenvalue weighted by Gasteiger charge is -2.13. The Morgan fingerprint density at radius 1 is 0.846 bits per heavy atom. The van der Waals surface area contributed by atoms with Crippen LogP contribution in [0.15, 0.2) is 0 Å². The van der Waals surface area contributed by atoms with E-state index in [1.807, 2.05) is 0 Å². The van der Waals surface area contributed by atoms with E-state index in [0.717, 1.165) is 0 Å². The third kappa shape index (κ3) is 1.24. The fourth-order valence-corrected chi connectivity index (χ4v) is 1.36. The molecular weight excluding hydrogens is 170 g/mol. The number of anilines is 1. The zero-order chi connectivity index (χ0) is 10.2. The van der Waals surface area contributed by atoms with Gasteiger partial charge in [0.25, 0.3) is 0 Å². The van der Waals surface area contributed by atoms with Gasteiger partial charge in [-0.2, -0.15) is 0 Å². The van der Waals surface area contributed by atoms with Crippen molar-refractivity contribution in [1.29, 1.82) is 0 Å². The molecule has 1 rings (SSSR count). The molecule has 0 heterocycles. The van der Waals surface area contributed by atoms with Crippen molar-refractivity contribution in [1.82, 2.24) is 0 Å². The molecule has 0 amide bonds. The maximum atomic E-state index is 9.37. The minimum Gasteiger partial charge on any atom is -0.504 e. The standard InChI is InChI=1S/C9H13NO3/c1-4-6(10-3)5(2)8(12)9(13)7(4)11/h10-13H,1-3H3. The van der Waals surface area contributed by atoms with E-state index in [1.54, 1.807) is 20.9 Å². The summed E-state index contributed by atoms with van der Waals surface area (Å²) in [5, 5.41) is 30.8. The molecule has 4 N–H and O–H groups in total. The molecule has 1 aromatic carbocycles. The van der Waals surface area contributed by atoms with Crippen LogP contribution in [-0.4, -0.2) is 22.4 Å². The molecule has 0 aliphatic carbocycles. The molecule has 0 aliphatic rings. The van der Waals surface area contributed by atoms with Crippen molar-refractivity contribution in [3.05, 3.63) is 11.1 Å². The van der Waals surface area contributed by atoms with E-state index in [-0.39, 0.29) is 11.5 Å². The SMILES string of the molecule is CNc1c(C)c(O)c(O)c(O)c1C. The molecule has 0 unspecified atom stereocenters. The molecule has 0 bridgehead atoms. The first kappa shape index (κ1) is 9.51. The highest BCUT2D eigenvalue weighted by Crippen LogP contribution is 2.44. The highest BCUT2D eigenvalue weighted by Gasteiger charge is 2.16. The molecule has 1 aromatic rings. The minimum absolute atomic E-state index is 0.285. The van der Waals surface area contributed by atoms with Gasteiger partial charge in [0.15, 0.2) is 11.5 Å². The van der Waals surface area contributed by atoms with Crippen LogP contribution in [0.2, 0.25) is 0 Å². The second-order valence-electron chi connectivity index (χ2n) is 2.92. The molecule has 0 aliphatic heterocycles. The average Bonchev–Trinajstić information content (AvgIpc) is 2.13. The predicted molar refractivity (Wildman–Crippen MR) is 50.5 cm³/mol. The van der Waals surface area contributed by atoms with Crippen LogP contribution >= 0.6 is 0 Å². The number of hydrogen-bond acceptors (Lipinski definition) is 4. The minimum atomic E-state index is -0.464. The number of benzene rings is 1. The lowest BCUT2D eigenvalue weighted by molar-refractivity contribution is 0.365. The van der Waals surface area contributed by atoms with Crippen molar-refractivity contribution in [2.45, 2.75) is 13.8 Å². The summed E-state index contributed by atoms with van der Waals surface area (Å²) >= 11 is 0. The van der Waals surface area contributed by atoms with Crippen LogP contribution in [0.5, 0.6) is 17.2 Å². The maximum absolute atomic E-state index is 9.37. The molecule has 13 heavy (non-hydrogen) atoms. The Labute approximate surface area is 76.5 Å². The van der Waals surface area contributed by atoms with Gasteiger partial charge in [-0.25, -0.2) is 0 Å². The Morgan fingerprint density at radius 3 is 1.54 bits per heavy atom. The van der Waals surface area contributed by atoms with Crippen molar-refractivity contribution < 1.29 is 15.3 Å². The number of rotatable bonds is 1. The highest BCUT2D eigenvalue weighted by atomic mass is 16.3. The summed E-state index contributed by atoms with van der Waals surface area (Å²) in [6, 6.07) is 0. The molecule has 0 saturated carbocycles. The summed E-state index contributed by atoms with van der Waals surface area (Å²) in [5.74, 6) is -1.03. The van der Waals surface area contributed by atoms with E-state index in [1.165, 1.54) is 0 Å². The second-order valence-corrected chi connectivity index (χ2v) is 2.92. The normalized spacial score (nSPS) is 10.1. The van der Waals surface area contributed by atoms with E-state index < -0.39 is 5.75 Å². The zero-order valence-corrected chi connectivity index (χ0v) is 7.84. The number of hydrogen-bond donors (Lipinski definition) is 4. The third-order valence-electron chi connectivity index (χ3n) is 2.16. The van der Waals surface area contributed by atoms with Crippen LogP contribution in [0.1, 0.15) is 11.1 Å². The van der Waals surface area contributed by atoms with E-state index >= 15 is 0 Å². The Bertz CT molecular complexity index is 318. The first-order chi connectivity index (χ1) is 6.00. The van der Waals surface area contributed by atoms with Gasteiger partial charge < -0.3 is 20.6 Å². The smallest absolute Gasteiger partial charge is 0.200 e. The maximum Gasteiger partial charge on any atom is 0.200 e. The molecule has 0 fully saturated rings. The first-order valence-electron chi connectivity index (χ1n) is 3.92. The summed E-state index contributed by atoms with van der Waals surface area (Å²) in [6.07, 6.45) is 0. The molecule has 0 atom stereocenters. The van der Waals surface area contributed by atoms with E-state index in [9.17, 15) is 15.3 Å². The Hall–Kier alpha value is -1.58. The topological polar surface area (TPSA) is 72.7 Å². The average molecular weight is 183 g/mol. The molecule has 4 heteroatoms. The number of aromatic hydroxyl groups is 3. The summed E-state index contributed by atoms with van der Waals surface area (Å²) in [6.45, 7) is 3.32. The van der Waals surface area contributed by atoms with Gasteiger partial charge in [0.1, 0.15) is 0 Å². The summed E-state index contributed by atoms with van der Waals surface area (Å²) in [5.41, 5.74) is 1.68. The summed E-state index contributed by atoms with van der Waals surface area (Å²) in [7, 11) is 1.69. The van der Waals surface area contributed by atoms with Crippen LogP contribution < -0.4 is 5.32 Å². The van der Waals surface area contributed by atoms with Crippen molar-refractivity contribution >= 4 is 5.69 Å². The number of phenols is 3. The molecule has 72 valence electrons. The van der Waals surface area contributed by atoms with Crippen molar-refractivity contribution in [2.75, 3.05) is 12.4 Å². The van der Waals surface area contributed by atoms with Crippen molar-refractivity contribution in [3.8, 4) is 17.2 Å². The van der Waals surface area contributed by atoms with Gasteiger partial charge in [0.2, 0.25) is 5.75 Å². The lowest BCUT2D eigenvalue weighted by atomic mass is 10.1. The van der Waals surface area contributed by atoms with Crippen LogP contribution in [0, 0.1) is 13.8 Å². The fraction of sp³-hybridized carbons (Fsp3) is 0.333. The summed E-state index contributed by atoms with van der Waals surface area (Å²) < 4.78 is 0. The highest BCUT2D eigenvalue weighted by molar-refractivity contribution is 5.71. The third-order valence-corrected chi connectivity index (χ3v) is 2.16. The van der Waals surface area contributed by atoms with E-state index in [0.29, 0.717) is 16.8 Å². The molecule has 0 spiro atoms. The lowest BCUT2D eigenvalue weighted by Crippen LogP contribution is -1.96. The monoisotopic (exact) mass is 183 g/mol. The van der Waals surface area contributed by atoms with Gasteiger partial charge in [-0.3, -0.25) is 0 Å². The second kappa shape index (κ2) is 3.05. The molecule has 0 aromatic heterocycles. The van der Waals surface area contributed by atoms with Gasteiger partial charge in [-0.15, -0.1) is 0 Å². The Balaban J connectivity index is 3.56. The molecule has 0 saturated heterocycles. The van der Waals surface area contributed by atoms with Gasteiger partial charge in [-0.1, -0.05) is 0 Å². The number of nitrogens with one attached hydrogen (secondary N) is 1. The quantitative estimate of drug-likeness (QED) is 0.393. The molecule has 4 nitrogen and oxygen atoms in total. The van der Waals surface area contributed by atoms with Crippen LogP contribution in [0.25, 0.3) is 0 Å². The summed E-state index contributed by atoms with van der Waals surface area (Å²) in [4.78, 5) is 0. The van der Waals surface area contributed by atoms with Crippen LogP contribution in [-0.2, 0) is 0 Å². The zero-order valence-electron chi connectivity index (χ0n) is 7.84. The molecule has 0 radical (unpaired) electrons. The fourth-order valence-electron chi connectivity index (χ4n) is 1.36. The van der Waals surface area contributed by atoms with Gasteiger partial charge in [0.05, 0.1) is 0 Å². The van der Waals surface area contributed by atoms with Crippen LogP contribution in [0.3, 0.4) is 0 Å². The van der Waals surface area contributed by atoms with Crippen LogP contribution in [0.4, 0.5) is 5.69 Å². The largest absolute Gasteiger partial charge is 0.504 e. The van der Waals surface area contributed by atoms with Gasteiger partial charge in [-0.05, 0) is 13.8 Å². The van der Waals surface area contributed by atoms with Gasteiger partial charge in [0, 0.05) is 23.9 Å². The van der Waals surface area contributed by atoms with Crippen molar-refractivity contribution in [2.24, 2.45) is 0 Å².